The molecule has 1 aromatic rings. The Kier molecular flexibility index (Phi) is 3.90. The van der Waals surface area contributed by atoms with Crippen LogP contribution in [0.5, 0.6) is 0 Å². The number of thioether (sulfide) groups is 1. The van der Waals surface area contributed by atoms with E-state index in [-0.39, 0.29) is 6.10 Å². The quantitative estimate of drug-likeness (QED) is 0.851. The van der Waals surface area contributed by atoms with Crippen molar-refractivity contribution in [3.63, 3.8) is 0 Å². The van der Waals surface area contributed by atoms with Gasteiger partial charge in [0.25, 0.3) is 0 Å². The Morgan fingerprint density at radius 1 is 1.50 bits per heavy atom. The van der Waals surface area contributed by atoms with Crippen LogP contribution in [0.3, 0.4) is 0 Å². The zero-order valence-corrected chi connectivity index (χ0v) is 9.82. The van der Waals surface area contributed by atoms with Gasteiger partial charge in [-0.3, -0.25) is 0 Å². The number of thiophene rings is 1. The van der Waals surface area contributed by atoms with E-state index >= 15 is 0 Å². The standard InChI is InChI=1S/C11H16OS2/c12-10(11-6-3-7-13-11)8-14-9-4-1-2-5-9/h3,6-7,9-10,12H,1-2,4-5,8H2. The van der Waals surface area contributed by atoms with Crippen molar-refractivity contribution in [3.8, 4) is 0 Å². The maximum absolute atomic E-state index is 9.86. The smallest absolute Gasteiger partial charge is 0.0972 e. The van der Waals surface area contributed by atoms with E-state index in [1.807, 2.05) is 29.3 Å². The number of rotatable bonds is 4. The lowest BCUT2D eigenvalue weighted by Crippen LogP contribution is -2.03. The first-order valence-corrected chi connectivity index (χ1v) is 7.12. The van der Waals surface area contributed by atoms with Crippen molar-refractivity contribution in [1.82, 2.24) is 0 Å². The molecule has 0 spiro atoms. The van der Waals surface area contributed by atoms with E-state index in [1.165, 1.54) is 25.7 Å². The van der Waals surface area contributed by atoms with Gasteiger partial charge in [0.1, 0.15) is 0 Å². The maximum Gasteiger partial charge on any atom is 0.0972 e. The molecule has 1 aliphatic rings. The van der Waals surface area contributed by atoms with Crippen LogP contribution in [0.4, 0.5) is 0 Å². The normalized spacial score (nSPS) is 20.1. The number of hydrogen-bond donors (Lipinski definition) is 1. The molecule has 3 heteroatoms. The summed E-state index contributed by atoms with van der Waals surface area (Å²) in [7, 11) is 0. The molecule has 1 saturated carbocycles. The second-order valence-electron chi connectivity index (χ2n) is 3.77. The van der Waals surface area contributed by atoms with E-state index in [1.54, 1.807) is 11.3 Å². The fraction of sp³-hybridized carbons (Fsp3) is 0.636. The minimum absolute atomic E-state index is 0.249. The molecule has 2 rings (SSSR count). The Hall–Kier alpha value is 0.01000. The molecule has 1 nitrogen and oxygen atoms in total. The average Bonchev–Trinajstić information content (AvgIpc) is 2.87. The summed E-state index contributed by atoms with van der Waals surface area (Å²) in [5, 5.41) is 12.7. The fourth-order valence-corrected chi connectivity index (χ4v) is 3.96. The summed E-state index contributed by atoms with van der Waals surface area (Å²) >= 11 is 3.60. The first-order chi connectivity index (χ1) is 6.86. The molecule has 0 amide bonds. The summed E-state index contributed by atoms with van der Waals surface area (Å²) in [6.45, 7) is 0. The highest BCUT2D eigenvalue weighted by Crippen LogP contribution is 2.32. The van der Waals surface area contributed by atoms with Crippen molar-refractivity contribution in [3.05, 3.63) is 22.4 Å². The summed E-state index contributed by atoms with van der Waals surface area (Å²) in [6.07, 6.45) is 5.21. The summed E-state index contributed by atoms with van der Waals surface area (Å²) in [6, 6.07) is 4.02. The van der Waals surface area contributed by atoms with Gasteiger partial charge in [0, 0.05) is 15.9 Å². The average molecular weight is 228 g/mol. The molecule has 0 bridgehead atoms. The van der Waals surface area contributed by atoms with E-state index in [9.17, 15) is 5.11 Å². The second kappa shape index (κ2) is 5.19. The SMILES string of the molecule is OC(CSC1CCCC1)c1cccs1. The number of aliphatic hydroxyl groups excluding tert-OH is 1. The predicted octanol–water partition coefficient (Wildman–Crippen LogP) is 3.46. The van der Waals surface area contributed by atoms with Crippen molar-refractivity contribution in [1.29, 1.82) is 0 Å². The van der Waals surface area contributed by atoms with Gasteiger partial charge < -0.3 is 5.11 Å². The molecule has 0 saturated heterocycles. The molecular formula is C11H16OS2. The van der Waals surface area contributed by atoms with Gasteiger partial charge in [-0.2, -0.15) is 11.8 Å². The molecule has 1 aromatic heterocycles. The van der Waals surface area contributed by atoms with Crippen LogP contribution in [0.1, 0.15) is 36.7 Å². The molecule has 0 aromatic carbocycles. The van der Waals surface area contributed by atoms with Crippen LogP contribution in [0.25, 0.3) is 0 Å². The summed E-state index contributed by atoms with van der Waals surface area (Å²) < 4.78 is 0. The van der Waals surface area contributed by atoms with Gasteiger partial charge in [-0.15, -0.1) is 11.3 Å². The van der Waals surface area contributed by atoms with Crippen molar-refractivity contribution in [2.45, 2.75) is 37.0 Å². The van der Waals surface area contributed by atoms with Gasteiger partial charge >= 0.3 is 0 Å². The summed E-state index contributed by atoms with van der Waals surface area (Å²) in [5.41, 5.74) is 0. The Morgan fingerprint density at radius 2 is 2.29 bits per heavy atom. The van der Waals surface area contributed by atoms with E-state index in [2.05, 4.69) is 0 Å². The Morgan fingerprint density at radius 3 is 2.93 bits per heavy atom. The number of hydrogen-bond acceptors (Lipinski definition) is 3. The molecule has 1 aliphatic carbocycles. The lowest BCUT2D eigenvalue weighted by atomic mass is 10.3. The third kappa shape index (κ3) is 2.75. The molecule has 1 fully saturated rings. The lowest BCUT2D eigenvalue weighted by Gasteiger charge is -2.12. The van der Waals surface area contributed by atoms with Crippen molar-refractivity contribution >= 4 is 23.1 Å². The molecule has 1 heterocycles. The van der Waals surface area contributed by atoms with Gasteiger partial charge in [0.15, 0.2) is 0 Å². The maximum atomic E-state index is 9.86. The highest BCUT2D eigenvalue weighted by atomic mass is 32.2. The summed E-state index contributed by atoms with van der Waals surface area (Å²) in [5.74, 6) is 0.866. The lowest BCUT2D eigenvalue weighted by molar-refractivity contribution is 0.208. The molecule has 0 aliphatic heterocycles. The molecule has 0 radical (unpaired) electrons. The molecule has 1 unspecified atom stereocenters. The Labute approximate surface area is 93.5 Å². The Bertz CT molecular complexity index is 252. The monoisotopic (exact) mass is 228 g/mol. The fourth-order valence-electron chi connectivity index (χ4n) is 1.85. The second-order valence-corrected chi connectivity index (χ2v) is 6.08. The molecule has 78 valence electrons. The van der Waals surface area contributed by atoms with Crippen molar-refractivity contribution < 1.29 is 5.11 Å². The number of aliphatic hydroxyl groups is 1. The highest BCUT2D eigenvalue weighted by Gasteiger charge is 2.17. The van der Waals surface area contributed by atoms with Crippen molar-refractivity contribution in [2.24, 2.45) is 0 Å². The Balaban J connectivity index is 1.74. The van der Waals surface area contributed by atoms with E-state index in [0.717, 1.165) is 15.9 Å². The predicted molar refractivity (Wildman–Crippen MR) is 64.0 cm³/mol. The third-order valence-electron chi connectivity index (χ3n) is 2.66. The van der Waals surface area contributed by atoms with Crippen LogP contribution in [0, 0.1) is 0 Å². The van der Waals surface area contributed by atoms with Gasteiger partial charge in [-0.05, 0) is 24.3 Å². The van der Waals surface area contributed by atoms with Crippen LogP contribution < -0.4 is 0 Å². The van der Waals surface area contributed by atoms with Gasteiger partial charge in [-0.1, -0.05) is 18.9 Å². The molecule has 14 heavy (non-hydrogen) atoms. The zero-order valence-electron chi connectivity index (χ0n) is 8.19. The van der Waals surface area contributed by atoms with E-state index in [0.29, 0.717) is 0 Å². The summed E-state index contributed by atoms with van der Waals surface area (Å²) in [4.78, 5) is 1.11. The van der Waals surface area contributed by atoms with Crippen LogP contribution >= 0.6 is 23.1 Å². The third-order valence-corrected chi connectivity index (χ3v) is 5.09. The van der Waals surface area contributed by atoms with Gasteiger partial charge in [-0.25, -0.2) is 0 Å². The first kappa shape index (κ1) is 10.5. The van der Waals surface area contributed by atoms with Gasteiger partial charge in [0.05, 0.1) is 6.10 Å². The van der Waals surface area contributed by atoms with Crippen LogP contribution in [0.2, 0.25) is 0 Å². The van der Waals surface area contributed by atoms with Crippen molar-refractivity contribution in [2.75, 3.05) is 5.75 Å². The van der Waals surface area contributed by atoms with Crippen LogP contribution in [-0.2, 0) is 0 Å². The van der Waals surface area contributed by atoms with Crippen LogP contribution in [-0.4, -0.2) is 16.1 Å². The minimum Gasteiger partial charge on any atom is -0.387 e. The molecule has 1 atom stereocenters. The topological polar surface area (TPSA) is 20.2 Å². The highest BCUT2D eigenvalue weighted by molar-refractivity contribution is 7.99. The van der Waals surface area contributed by atoms with E-state index in [4.69, 9.17) is 0 Å². The molecular weight excluding hydrogens is 212 g/mol. The van der Waals surface area contributed by atoms with Crippen LogP contribution in [0.15, 0.2) is 17.5 Å². The van der Waals surface area contributed by atoms with E-state index < -0.39 is 0 Å². The largest absolute Gasteiger partial charge is 0.387 e. The minimum atomic E-state index is -0.249. The van der Waals surface area contributed by atoms with Gasteiger partial charge in [0.2, 0.25) is 0 Å². The molecule has 1 N–H and O–H groups in total. The first-order valence-electron chi connectivity index (χ1n) is 5.19. The zero-order chi connectivity index (χ0) is 9.80.